The van der Waals surface area contributed by atoms with E-state index < -0.39 is 10.0 Å². The van der Waals surface area contributed by atoms with Gasteiger partial charge in [0.15, 0.2) is 5.96 Å². The highest BCUT2D eigenvalue weighted by Gasteiger charge is 2.44. The van der Waals surface area contributed by atoms with Crippen LogP contribution >= 0.6 is 0 Å². The summed E-state index contributed by atoms with van der Waals surface area (Å²) in [6.45, 7) is 1.19. The maximum atomic E-state index is 13.5. The van der Waals surface area contributed by atoms with Crippen molar-refractivity contribution in [2.45, 2.75) is 29.7 Å². The molecule has 156 valence electrons. The van der Waals surface area contributed by atoms with E-state index in [4.69, 9.17) is 0 Å². The van der Waals surface area contributed by atoms with E-state index in [0.29, 0.717) is 19.0 Å². The van der Waals surface area contributed by atoms with Crippen molar-refractivity contribution in [3.8, 4) is 0 Å². The molecule has 1 fully saturated rings. The average Bonchev–Trinajstić information content (AvgIpc) is 3.49. The van der Waals surface area contributed by atoms with E-state index in [0.717, 1.165) is 24.0 Å². The Bertz CT molecular complexity index is 984. The number of halogens is 1. The van der Waals surface area contributed by atoms with Crippen LogP contribution in [0.2, 0.25) is 0 Å². The quantitative estimate of drug-likeness (QED) is 0.535. The van der Waals surface area contributed by atoms with Gasteiger partial charge in [-0.15, -0.1) is 0 Å². The third-order valence-electron chi connectivity index (χ3n) is 5.27. The van der Waals surface area contributed by atoms with Gasteiger partial charge >= 0.3 is 0 Å². The number of hydrogen-bond acceptors (Lipinski definition) is 3. The first-order chi connectivity index (χ1) is 13.8. The molecule has 0 heterocycles. The molecule has 2 aromatic carbocycles. The molecule has 0 amide bonds. The summed E-state index contributed by atoms with van der Waals surface area (Å²) in [5, 5.41) is 6.56. The van der Waals surface area contributed by atoms with Gasteiger partial charge in [-0.3, -0.25) is 4.99 Å². The smallest absolute Gasteiger partial charge is 0.242 e. The first-order valence-corrected chi connectivity index (χ1v) is 10.9. The third kappa shape index (κ3) is 4.94. The van der Waals surface area contributed by atoms with Crippen LogP contribution in [0.1, 0.15) is 24.0 Å². The van der Waals surface area contributed by atoms with E-state index in [1.807, 2.05) is 6.07 Å². The molecule has 0 saturated heterocycles. The van der Waals surface area contributed by atoms with E-state index >= 15 is 0 Å². The van der Waals surface area contributed by atoms with Crippen LogP contribution in [0.4, 0.5) is 4.39 Å². The zero-order valence-corrected chi connectivity index (χ0v) is 17.8. The lowest BCUT2D eigenvalue weighted by Gasteiger charge is -2.19. The molecule has 3 rings (SSSR count). The van der Waals surface area contributed by atoms with Gasteiger partial charge in [0.1, 0.15) is 5.82 Å². The van der Waals surface area contributed by atoms with Gasteiger partial charge < -0.3 is 10.6 Å². The Hall–Kier alpha value is -2.45. The van der Waals surface area contributed by atoms with E-state index in [-0.39, 0.29) is 16.1 Å². The number of benzene rings is 2. The summed E-state index contributed by atoms with van der Waals surface area (Å²) in [7, 11) is 1.29. The molecular formula is C21H27FN4O2S. The van der Waals surface area contributed by atoms with Crippen molar-refractivity contribution < 1.29 is 12.8 Å². The number of rotatable bonds is 7. The zero-order chi connectivity index (χ0) is 21.1. The van der Waals surface area contributed by atoms with Crippen molar-refractivity contribution in [1.29, 1.82) is 0 Å². The summed E-state index contributed by atoms with van der Waals surface area (Å²) in [4.78, 5) is 4.51. The van der Waals surface area contributed by atoms with Crippen LogP contribution < -0.4 is 10.6 Å². The van der Waals surface area contributed by atoms with Crippen LogP contribution in [0, 0.1) is 5.82 Å². The molecule has 2 N–H and O–H groups in total. The van der Waals surface area contributed by atoms with Crippen molar-refractivity contribution in [2.24, 2.45) is 4.99 Å². The topological polar surface area (TPSA) is 73.8 Å². The molecule has 0 radical (unpaired) electrons. The van der Waals surface area contributed by atoms with E-state index in [1.54, 1.807) is 43.4 Å². The second-order valence-electron chi connectivity index (χ2n) is 7.50. The molecule has 0 atom stereocenters. The summed E-state index contributed by atoms with van der Waals surface area (Å²) >= 11 is 0. The normalized spacial score (nSPS) is 16.0. The Balaban J connectivity index is 1.56. The molecule has 0 bridgehead atoms. The molecule has 29 heavy (non-hydrogen) atoms. The molecule has 0 spiro atoms. The molecule has 6 nitrogen and oxygen atoms in total. The second-order valence-corrected chi connectivity index (χ2v) is 9.65. The van der Waals surface area contributed by atoms with Crippen molar-refractivity contribution in [2.75, 3.05) is 27.7 Å². The van der Waals surface area contributed by atoms with Gasteiger partial charge in [0.05, 0.1) is 4.90 Å². The number of nitrogens with one attached hydrogen (secondary N) is 2. The predicted molar refractivity (Wildman–Crippen MR) is 113 cm³/mol. The van der Waals surface area contributed by atoms with Crippen LogP contribution in [-0.4, -0.2) is 46.4 Å². The van der Waals surface area contributed by atoms with Gasteiger partial charge in [0, 0.05) is 39.6 Å². The van der Waals surface area contributed by atoms with E-state index in [9.17, 15) is 12.8 Å². The molecule has 0 aliphatic heterocycles. The minimum absolute atomic E-state index is 0.0398. The Kier molecular flexibility index (Phi) is 6.24. The number of guanidine groups is 1. The maximum absolute atomic E-state index is 13.5. The predicted octanol–water partition coefficient (Wildman–Crippen LogP) is 2.47. The average molecular weight is 419 g/mol. The number of aliphatic imine (C=N–C) groups is 1. The largest absolute Gasteiger partial charge is 0.356 e. The number of nitrogens with zero attached hydrogens (tertiary/aromatic N) is 2. The summed E-state index contributed by atoms with van der Waals surface area (Å²) in [5.41, 5.74) is 1.91. The van der Waals surface area contributed by atoms with Gasteiger partial charge in [-0.1, -0.05) is 24.3 Å². The lowest BCUT2D eigenvalue weighted by Crippen LogP contribution is -2.40. The Labute approximate surface area is 171 Å². The summed E-state index contributed by atoms with van der Waals surface area (Å²) in [6, 6.07) is 13.6. The second kappa shape index (κ2) is 8.51. The molecular weight excluding hydrogens is 391 g/mol. The fourth-order valence-corrected chi connectivity index (χ4v) is 4.09. The molecule has 1 aliphatic carbocycles. The monoisotopic (exact) mass is 418 g/mol. The molecule has 0 unspecified atom stereocenters. The first kappa shape index (κ1) is 21.3. The van der Waals surface area contributed by atoms with Crippen LogP contribution in [0.15, 0.2) is 58.4 Å². The fraction of sp³-hybridized carbons (Fsp3) is 0.381. The Morgan fingerprint density at radius 1 is 1.14 bits per heavy atom. The van der Waals surface area contributed by atoms with Crippen molar-refractivity contribution in [3.63, 3.8) is 0 Å². The van der Waals surface area contributed by atoms with Crippen molar-refractivity contribution in [1.82, 2.24) is 14.9 Å². The highest BCUT2D eigenvalue weighted by molar-refractivity contribution is 7.89. The lowest BCUT2D eigenvalue weighted by atomic mass is 9.96. The minimum atomic E-state index is -3.43. The summed E-state index contributed by atoms with van der Waals surface area (Å²) in [5.74, 6) is 0.439. The zero-order valence-electron chi connectivity index (χ0n) is 16.9. The van der Waals surface area contributed by atoms with Crippen LogP contribution in [0.5, 0.6) is 0 Å². The molecule has 8 heteroatoms. The highest BCUT2D eigenvalue weighted by atomic mass is 32.2. The highest BCUT2D eigenvalue weighted by Crippen LogP contribution is 2.47. The van der Waals surface area contributed by atoms with Gasteiger partial charge in [0.25, 0.3) is 0 Å². The fourth-order valence-electron chi connectivity index (χ4n) is 3.19. The SMILES string of the molecule is CN=C(NCc1ccc(S(=O)(=O)N(C)C)cc1)NCC1(c2cccc(F)c2)CC1. The van der Waals surface area contributed by atoms with E-state index in [1.165, 1.54) is 24.5 Å². The van der Waals surface area contributed by atoms with E-state index in [2.05, 4.69) is 15.6 Å². The molecule has 2 aromatic rings. The Morgan fingerprint density at radius 3 is 2.38 bits per heavy atom. The maximum Gasteiger partial charge on any atom is 0.242 e. The Morgan fingerprint density at radius 2 is 1.83 bits per heavy atom. The molecule has 1 saturated carbocycles. The van der Waals surface area contributed by atoms with Gasteiger partial charge in [-0.05, 0) is 48.2 Å². The molecule has 0 aromatic heterocycles. The lowest BCUT2D eigenvalue weighted by molar-refractivity contribution is 0.520. The van der Waals surface area contributed by atoms with Crippen molar-refractivity contribution in [3.05, 3.63) is 65.5 Å². The number of sulfonamides is 1. The van der Waals surface area contributed by atoms with Crippen LogP contribution in [0.3, 0.4) is 0 Å². The summed E-state index contributed by atoms with van der Waals surface area (Å²) < 4.78 is 39.0. The van der Waals surface area contributed by atoms with Gasteiger partial charge in [-0.25, -0.2) is 17.1 Å². The van der Waals surface area contributed by atoms with Crippen LogP contribution in [-0.2, 0) is 22.0 Å². The van der Waals surface area contributed by atoms with Gasteiger partial charge in [-0.2, -0.15) is 0 Å². The minimum Gasteiger partial charge on any atom is -0.356 e. The van der Waals surface area contributed by atoms with Gasteiger partial charge in [0.2, 0.25) is 10.0 Å². The summed E-state index contributed by atoms with van der Waals surface area (Å²) in [6.07, 6.45) is 2.03. The van der Waals surface area contributed by atoms with Crippen molar-refractivity contribution >= 4 is 16.0 Å². The van der Waals surface area contributed by atoms with Crippen LogP contribution in [0.25, 0.3) is 0 Å². The first-order valence-electron chi connectivity index (χ1n) is 9.49. The number of hydrogen-bond donors (Lipinski definition) is 2. The molecule has 1 aliphatic rings. The third-order valence-corrected chi connectivity index (χ3v) is 7.10. The standard InChI is InChI=1S/C21H27FN4O2S/c1-23-20(25-15-21(11-12-21)17-5-4-6-18(22)13-17)24-14-16-7-9-19(10-8-16)29(27,28)26(2)3/h4-10,13H,11-12,14-15H2,1-3H3,(H2,23,24,25).